The van der Waals surface area contributed by atoms with E-state index in [-0.39, 0.29) is 0 Å². The minimum atomic E-state index is -0.666. The van der Waals surface area contributed by atoms with E-state index in [1.165, 1.54) is 18.4 Å². The second kappa shape index (κ2) is 2.90. The van der Waals surface area contributed by atoms with Gasteiger partial charge >= 0.3 is 0 Å². The third-order valence-corrected chi connectivity index (χ3v) is 1.70. The first-order valence-electron chi connectivity index (χ1n) is 3.67. The van der Waals surface area contributed by atoms with Crippen molar-refractivity contribution in [3.63, 3.8) is 0 Å². The van der Waals surface area contributed by atoms with Crippen LogP contribution in [-0.4, -0.2) is 10.3 Å². The Balaban J connectivity index is 2.59. The van der Waals surface area contributed by atoms with Gasteiger partial charge in [-0.15, -0.1) is 0 Å². The zero-order chi connectivity index (χ0) is 9.26. The molecule has 0 spiro atoms. The Morgan fingerprint density at radius 1 is 1.31 bits per heavy atom. The second-order valence-electron chi connectivity index (χ2n) is 2.52. The van der Waals surface area contributed by atoms with Gasteiger partial charge in [-0.25, -0.2) is 4.39 Å². The zero-order valence-corrected chi connectivity index (χ0v) is 6.57. The number of para-hydroxylation sites is 1. The number of halogens is 1. The molecule has 0 saturated carbocycles. The molecular formula is C9H6FNO2. The molecule has 13 heavy (non-hydrogen) atoms. The largest absolute Gasteiger partial charge is 0.504 e. The Hall–Kier alpha value is -1.84. The fraction of sp³-hybridized carbons (Fsp3) is 0. The number of phenols is 1. The van der Waals surface area contributed by atoms with Gasteiger partial charge in [0.2, 0.25) is 0 Å². The summed E-state index contributed by atoms with van der Waals surface area (Å²) in [4.78, 5) is 0. The van der Waals surface area contributed by atoms with Gasteiger partial charge in [-0.2, -0.15) is 0 Å². The molecule has 0 atom stereocenters. The molecule has 0 fully saturated rings. The lowest BCUT2D eigenvalue weighted by Crippen LogP contribution is -1.82. The average Bonchev–Trinajstić information content (AvgIpc) is 2.62. The normalized spacial score (nSPS) is 10.2. The maximum absolute atomic E-state index is 12.9. The summed E-state index contributed by atoms with van der Waals surface area (Å²) in [5.74, 6) is -1.07. The maximum atomic E-state index is 12.9. The molecule has 1 aromatic heterocycles. The van der Waals surface area contributed by atoms with Crippen LogP contribution in [0.5, 0.6) is 5.75 Å². The summed E-state index contributed by atoms with van der Waals surface area (Å²) in [5.41, 5.74) is 0.741. The van der Waals surface area contributed by atoms with Crippen molar-refractivity contribution < 1.29 is 14.0 Å². The van der Waals surface area contributed by atoms with Crippen LogP contribution in [0, 0.1) is 5.82 Å². The fourth-order valence-electron chi connectivity index (χ4n) is 1.07. The Morgan fingerprint density at radius 3 is 2.85 bits per heavy atom. The lowest BCUT2D eigenvalue weighted by Gasteiger charge is -1.99. The van der Waals surface area contributed by atoms with Crippen LogP contribution >= 0.6 is 0 Å². The van der Waals surface area contributed by atoms with E-state index < -0.39 is 11.6 Å². The molecule has 3 nitrogen and oxygen atoms in total. The molecule has 0 bridgehead atoms. The summed E-state index contributed by atoms with van der Waals surface area (Å²) < 4.78 is 17.4. The molecule has 4 heteroatoms. The van der Waals surface area contributed by atoms with Crippen molar-refractivity contribution in [2.45, 2.75) is 0 Å². The van der Waals surface area contributed by atoms with Gasteiger partial charge in [-0.05, 0) is 12.1 Å². The number of benzene rings is 1. The Morgan fingerprint density at radius 2 is 2.15 bits per heavy atom. The van der Waals surface area contributed by atoms with Gasteiger partial charge in [-0.1, -0.05) is 11.2 Å². The first kappa shape index (κ1) is 7.79. The number of phenolic OH excluding ortho intramolecular Hbond substituents is 1. The predicted octanol–water partition coefficient (Wildman–Crippen LogP) is 2.19. The van der Waals surface area contributed by atoms with Crippen molar-refractivity contribution in [1.29, 1.82) is 0 Å². The second-order valence-corrected chi connectivity index (χ2v) is 2.52. The number of rotatable bonds is 1. The van der Waals surface area contributed by atoms with Crippen molar-refractivity contribution in [1.82, 2.24) is 5.16 Å². The van der Waals surface area contributed by atoms with E-state index in [4.69, 9.17) is 0 Å². The lowest BCUT2D eigenvalue weighted by molar-refractivity contribution is 0.418. The first-order chi connectivity index (χ1) is 6.29. The molecule has 1 heterocycles. The Bertz CT molecular complexity index is 412. The fourth-order valence-corrected chi connectivity index (χ4v) is 1.07. The highest BCUT2D eigenvalue weighted by atomic mass is 19.1. The standard InChI is InChI=1S/C9H6FNO2/c10-7-3-1-2-6(9(7)12)8-4-5-13-11-8/h1-5,12H. The van der Waals surface area contributed by atoms with Gasteiger partial charge in [0.05, 0.1) is 0 Å². The SMILES string of the molecule is Oc1c(F)cccc1-c1ccon1. The number of hydrogen-bond donors (Lipinski definition) is 1. The third kappa shape index (κ3) is 1.26. The number of aromatic hydroxyl groups is 1. The van der Waals surface area contributed by atoms with Gasteiger partial charge in [-0.3, -0.25) is 0 Å². The summed E-state index contributed by atoms with van der Waals surface area (Å²) in [7, 11) is 0. The number of nitrogens with zero attached hydrogens (tertiary/aromatic N) is 1. The van der Waals surface area contributed by atoms with E-state index >= 15 is 0 Å². The molecule has 0 aliphatic carbocycles. The van der Waals surface area contributed by atoms with Crippen LogP contribution in [0.2, 0.25) is 0 Å². The highest BCUT2D eigenvalue weighted by Crippen LogP contribution is 2.29. The molecule has 0 unspecified atom stereocenters. The van der Waals surface area contributed by atoms with E-state index in [0.29, 0.717) is 11.3 Å². The van der Waals surface area contributed by atoms with Crippen LogP contribution < -0.4 is 0 Å². The molecule has 2 aromatic rings. The smallest absolute Gasteiger partial charge is 0.165 e. The zero-order valence-electron chi connectivity index (χ0n) is 6.57. The first-order valence-corrected chi connectivity index (χ1v) is 3.67. The summed E-state index contributed by atoms with van der Waals surface area (Å²) in [6, 6.07) is 5.79. The number of aromatic nitrogens is 1. The quantitative estimate of drug-likeness (QED) is 0.729. The van der Waals surface area contributed by atoms with Gasteiger partial charge in [0.25, 0.3) is 0 Å². The van der Waals surface area contributed by atoms with Crippen molar-refractivity contribution in [2.75, 3.05) is 0 Å². The molecule has 2 rings (SSSR count). The van der Waals surface area contributed by atoms with Gasteiger partial charge in [0.15, 0.2) is 11.6 Å². The Labute approximate surface area is 73.4 Å². The number of hydrogen-bond acceptors (Lipinski definition) is 3. The maximum Gasteiger partial charge on any atom is 0.165 e. The molecule has 0 aliphatic heterocycles. The Kier molecular flexibility index (Phi) is 1.73. The monoisotopic (exact) mass is 179 g/mol. The predicted molar refractivity (Wildman–Crippen MR) is 43.6 cm³/mol. The summed E-state index contributed by atoms with van der Waals surface area (Å²) in [6.07, 6.45) is 1.36. The van der Waals surface area contributed by atoms with E-state index in [9.17, 15) is 9.50 Å². The molecule has 0 radical (unpaired) electrons. The third-order valence-electron chi connectivity index (χ3n) is 1.70. The summed E-state index contributed by atoms with van der Waals surface area (Å²) in [6.45, 7) is 0. The van der Waals surface area contributed by atoms with Gasteiger partial charge in [0, 0.05) is 11.6 Å². The van der Waals surface area contributed by atoms with Gasteiger partial charge in [0.1, 0.15) is 12.0 Å². The highest BCUT2D eigenvalue weighted by Gasteiger charge is 2.10. The molecule has 1 N–H and O–H groups in total. The minimum absolute atomic E-state index is 0.328. The summed E-state index contributed by atoms with van der Waals surface area (Å²) in [5, 5.41) is 12.9. The van der Waals surface area contributed by atoms with E-state index in [0.717, 1.165) is 0 Å². The van der Waals surface area contributed by atoms with E-state index in [1.54, 1.807) is 12.1 Å². The van der Waals surface area contributed by atoms with Crippen LogP contribution in [0.4, 0.5) is 4.39 Å². The molecule has 0 saturated heterocycles. The minimum Gasteiger partial charge on any atom is -0.504 e. The van der Waals surface area contributed by atoms with Crippen LogP contribution in [-0.2, 0) is 0 Å². The topological polar surface area (TPSA) is 46.3 Å². The van der Waals surface area contributed by atoms with Crippen molar-refractivity contribution >= 4 is 0 Å². The van der Waals surface area contributed by atoms with E-state index in [1.807, 2.05) is 0 Å². The van der Waals surface area contributed by atoms with Crippen molar-refractivity contribution in [3.05, 3.63) is 36.3 Å². The van der Waals surface area contributed by atoms with Crippen LogP contribution in [0.3, 0.4) is 0 Å². The molecule has 0 aliphatic rings. The molecule has 1 aromatic carbocycles. The van der Waals surface area contributed by atoms with Crippen LogP contribution in [0.1, 0.15) is 0 Å². The average molecular weight is 179 g/mol. The summed E-state index contributed by atoms with van der Waals surface area (Å²) >= 11 is 0. The van der Waals surface area contributed by atoms with Gasteiger partial charge < -0.3 is 9.63 Å². The molecular weight excluding hydrogens is 173 g/mol. The molecule has 66 valence electrons. The lowest BCUT2D eigenvalue weighted by atomic mass is 10.1. The highest BCUT2D eigenvalue weighted by molar-refractivity contribution is 5.66. The molecule has 0 amide bonds. The van der Waals surface area contributed by atoms with Crippen molar-refractivity contribution in [3.8, 4) is 17.0 Å². The van der Waals surface area contributed by atoms with E-state index in [2.05, 4.69) is 9.68 Å². The van der Waals surface area contributed by atoms with Crippen molar-refractivity contribution in [2.24, 2.45) is 0 Å². The van der Waals surface area contributed by atoms with Crippen LogP contribution in [0.25, 0.3) is 11.3 Å². The van der Waals surface area contributed by atoms with Crippen LogP contribution in [0.15, 0.2) is 35.1 Å².